The average molecular weight is 343 g/mol. The Morgan fingerprint density at radius 3 is 2.00 bits per heavy atom. The molecule has 0 saturated heterocycles. The van der Waals surface area contributed by atoms with Crippen molar-refractivity contribution in [3.63, 3.8) is 0 Å². The van der Waals surface area contributed by atoms with Gasteiger partial charge in [-0.05, 0) is 36.6 Å². The zero-order valence-electron chi connectivity index (χ0n) is 10.9. The molecular weight excluding hydrogens is 329 g/mol. The Morgan fingerprint density at radius 2 is 1.50 bits per heavy atom. The first-order valence-electron chi connectivity index (χ1n) is 6.23. The molecule has 0 heterocycles. The number of aryl methyl sites for hydroxylation is 1. The highest BCUT2D eigenvalue weighted by Gasteiger charge is 2.30. The Kier molecular flexibility index (Phi) is 4.53. The summed E-state index contributed by atoms with van der Waals surface area (Å²) in [5, 5.41) is 0. The lowest BCUT2D eigenvalue weighted by molar-refractivity contribution is -0.137. The van der Waals surface area contributed by atoms with Gasteiger partial charge in [0.05, 0.1) is 5.56 Å². The lowest BCUT2D eigenvalue weighted by atomic mass is 10.0. The van der Waals surface area contributed by atoms with Crippen molar-refractivity contribution in [2.75, 3.05) is 0 Å². The van der Waals surface area contributed by atoms with E-state index in [9.17, 15) is 13.2 Å². The van der Waals surface area contributed by atoms with E-state index in [1.807, 2.05) is 31.2 Å². The second-order valence-electron chi connectivity index (χ2n) is 4.78. The number of hydrogen-bond donors (Lipinski definition) is 0. The fourth-order valence-electron chi connectivity index (χ4n) is 1.93. The van der Waals surface area contributed by atoms with Gasteiger partial charge in [0.1, 0.15) is 0 Å². The Labute approximate surface area is 124 Å². The Bertz CT molecular complexity index is 556. The van der Waals surface area contributed by atoms with E-state index in [0.29, 0.717) is 0 Å². The molecule has 0 amide bonds. The van der Waals surface area contributed by atoms with Gasteiger partial charge >= 0.3 is 6.18 Å². The second-order valence-corrected chi connectivity index (χ2v) is 5.88. The van der Waals surface area contributed by atoms with Gasteiger partial charge in [0.25, 0.3) is 0 Å². The molecule has 4 heteroatoms. The molecule has 20 heavy (non-hydrogen) atoms. The SMILES string of the molecule is Cc1ccc(CC(Br)c2ccc(C(F)(F)F)cc2)cc1. The first-order chi connectivity index (χ1) is 9.36. The standard InChI is InChI=1S/C16H14BrF3/c1-11-2-4-12(5-3-11)10-15(17)13-6-8-14(9-7-13)16(18,19)20/h2-9,15H,10H2,1H3. The van der Waals surface area contributed by atoms with Crippen LogP contribution in [0.15, 0.2) is 48.5 Å². The maximum Gasteiger partial charge on any atom is 0.416 e. The molecule has 0 N–H and O–H groups in total. The summed E-state index contributed by atoms with van der Waals surface area (Å²) in [6.07, 6.45) is -3.54. The molecule has 0 nitrogen and oxygen atoms in total. The summed E-state index contributed by atoms with van der Waals surface area (Å²) in [4.78, 5) is 0.00693. The highest BCUT2D eigenvalue weighted by atomic mass is 79.9. The van der Waals surface area contributed by atoms with Crippen LogP contribution in [0.3, 0.4) is 0 Å². The van der Waals surface area contributed by atoms with Crippen LogP contribution in [0.1, 0.15) is 27.1 Å². The third-order valence-electron chi connectivity index (χ3n) is 3.14. The van der Waals surface area contributed by atoms with Crippen LogP contribution < -0.4 is 0 Å². The van der Waals surface area contributed by atoms with E-state index in [1.54, 1.807) is 0 Å². The highest BCUT2D eigenvalue weighted by Crippen LogP contribution is 2.32. The van der Waals surface area contributed by atoms with Crippen LogP contribution in [0.25, 0.3) is 0 Å². The molecule has 1 unspecified atom stereocenters. The third-order valence-corrected chi connectivity index (χ3v) is 3.99. The van der Waals surface area contributed by atoms with Crippen LogP contribution >= 0.6 is 15.9 Å². The summed E-state index contributed by atoms with van der Waals surface area (Å²) < 4.78 is 37.5. The van der Waals surface area contributed by atoms with Crippen molar-refractivity contribution < 1.29 is 13.2 Å². The van der Waals surface area contributed by atoms with Crippen molar-refractivity contribution in [2.24, 2.45) is 0 Å². The Morgan fingerprint density at radius 1 is 0.950 bits per heavy atom. The topological polar surface area (TPSA) is 0 Å². The van der Waals surface area contributed by atoms with Gasteiger partial charge in [-0.2, -0.15) is 13.2 Å². The molecular formula is C16H14BrF3. The summed E-state index contributed by atoms with van der Waals surface area (Å²) in [5.74, 6) is 0. The second kappa shape index (κ2) is 6.00. The van der Waals surface area contributed by atoms with Gasteiger partial charge in [-0.15, -0.1) is 0 Å². The minimum atomic E-state index is -4.28. The van der Waals surface area contributed by atoms with Crippen molar-refractivity contribution in [1.82, 2.24) is 0 Å². The van der Waals surface area contributed by atoms with E-state index in [2.05, 4.69) is 15.9 Å². The molecule has 0 radical (unpaired) electrons. The predicted molar refractivity (Wildman–Crippen MR) is 78.0 cm³/mol. The van der Waals surface area contributed by atoms with E-state index < -0.39 is 11.7 Å². The van der Waals surface area contributed by atoms with Crippen LogP contribution in [0, 0.1) is 6.92 Å². The van der Waals surface area contributed by atoms with Crippen molar-refractivity contribution in [3.05, 3.63) is 70.8 Å². The van der Waals surface area contributed by atoms with Gasteiger partial charge < -0.3 is 0 Å². The molecule has 106 valence electrons. The first-order valence-corrected chi connectivity index (χ1v) is 7.14. The number of rotatable bonds is 3. The number of alkyl halides is 4. The number of halogens is 4. The zero-order valence-corrected chi connectivity index (χ0v) is 12.5. The molecule has 0 aliphatic rings. The van der Waals surface area contributed by atoms with Crippen LogP contribution in [-0.2, 0) is 12.6 Å². The van der Waals surface area contributed by atoms with E-state index in [1.165, 1.54) is 17.7 Å². The van der Waals surface area contributed by atoms with Gasteiger partial charge in [0, 0.05) is 4.83 Å². The van der Waals surface area contributed by atoms with E-state index in [-0.39, 0.29) is 4.83 Å². The van der Waals surface area contributed by atoms with E-state index in [4.69, 9.17) is 0 Å². The van der Waals surface area contributed by atoms with Crippen LogP contribution in [0.2, 0.25) is 0 Å². The van der Waals surface area contributed by atoms with Gasteiger partial charge in [0.2, 0.25) is 0 Å². The average Bonchev–Trinajstić information content (AvgIpc) is 2.40. The fraction of sp³-hybridized carbons (Fsp3) is 0.250. The minimum absolute atomic E-state index is 0.00693. The van der Waals surface area contributed by atoms with E-state index in [0.717, 1.165) is 29.7 Å². The number of benzene rings is 2. The Balaban J connectivity index is 2.09. The maximum absolute atomic E-state index is 12.5. The summed E-state index contributed by atoms with van der Waals surface area (Å²) >= 11 is 3.53. The Hall–Kier alpha value is -1.29. The summed E-state index contributed by atoms with van der Waals surface area (Å²) in [5.41, 5.74) is 2.57. The molecule has 0 aliphatic carbocycles. The quantitative estimate of drug-likeness (QED) is 0.628. The van der Waals surface area contributed by atoms with Crippen LogP contribution in [-0.4, -0.2) is 0 Å². The van der Waals surface area contributed by atoms with Gasteiger partial charge in [-0.1, -0.05) is 57.9 Å². The van der Waals surface area contributed by atoms with Crippen LogP contribution in [0.5, 0.6) is 0 Å². The molecule has 0 aromatic heterocycles. The van der Waals surface area contributed by atoms with Crippen molar-refractivity contribution >= 4 is 15.9 Å². The summed E-state index contributed by atoms with van der Waals surface area (Å²) in [6.45, 7) is 2.02. The molecule has 2 aromatic rings. The smallest absolute Gasteiger partial charge is 0.166 e. The predicted octanol–water partition coefficient (Wildman–Crippen LogP) is 5.69. The monoisotopic (exact) mass is 342 g/mol. The molecule has 0 spiro atoms. The zero-order chi connectivity index (χ0) is 14.8. The maximum atomic E-state index is 12.5. The van der Waals surface area contributed by atoms with E-state index >= 15 is 0 Å². The molecule has 0 aliphatic heterocycles. The molecule has 2 aromatic carbocycles. The van der Waals surface area contributed by atoms with Crippen molar-refractivity contribution in [1.29, 1.82) is 0 Å². The fourth-order valence-corrected chi connectivity index (χ4v) is 2.61. The lowest BCUT2D eigenvalue weighted by Gasteiger charge is -2.12. The van der Waals surface area contributed by atoms with Gasteiger partial charge in [0.15, 0.2) is 0 Å². The number of hydrogen-bond acceptors (Lipinski definition) is 0. The first kappa shape index (κ1) is 15.1. The van der Waals surface area contributed by atoms with Gasteiger partial charge in [-0.3, -0.25) is 0 Å². The molecule has 1 atom stereocenters. The summed E-state index contributed by atoms with van der Waals surface area (Å²) in [7, 11) is 0. The van der Waals surface area contributed by atoms with Crippen molar-refractivity contribution in [3.8, 4) is 0 Å². The summed E-state index contributed by atoms with van der Waals surface area (Å²) in [6, 6.07) is 13.4. The molecule has 0 saturated carbocycles. The largest absolute Gasteiger partial charge is 0.416 e. The molecule has 0 fully saturated rings. The van der Waals surface area contributed by atoms with Gasteiger partial charge in [-0.25, -0.2) is 0 Å². The highest BCUT2D eigenvalue weighted by molar-refractivity contribution is 9.09. The molecule has 0 bridgehead atoms. The normalized spacial score (nSPS) is 13.2. The lowest BCUT2D eigenvalue weighted by Crippen LogP contribution is -2.05. The third kappa shape index (κ3) is 3.85. The molecule has 2 rings (SSSR count). The minimum Gasteiger partial charge on any atom is -0.166 e. The van der Waals surface area contributed by atoms with Crippen LogP contribution in [0.4, 0.5) is 13.2 Å². The van der Waals surface area contributed by atoms with Crippen molar-refractivity contribution in [2.45, 2.75) is 24.3 Å².